The van der Waals surface area contributed by atoms with Gasteiger partial charge in [0.15, 0.2) is 5.78 Å². The van der Waals surface area contributed by atoms with Crippen LogP contribution < -0.4 is 5.73 Å². The average Bonchev–Trinajstić information content (AvgIpc) is 2.88. The van der Waals surface area contributed by atoms with Crippen LogP contribution in [0.4, 0.5) is 13.2 Å². The number of carbonyl (C=O) groups is 1. The molecule has 0 aliphatic carbocycles. The summed E-state index contributed by atoms with van der Waals surface area (Å²) in [5.74, 6) is -0.366. The summed E-state index contributed by atoms with van der Waals surface area (Å²) in [7, 11) is 0. The Morgan fingerprint density at radius 3 is 2.62 bits per heavy atom. The lowest BCUT2D eigenvalue weighted by Gasteiger charge is -2.09. The summed E-state index contributed by atoms with van der Waals surface area (Å²) in [4.78, 5) is 20.0. The average molecular weight is 336 g/mol. The van der Waals surface area contributed by atoms with Gasteiger partial charge in [-0.25, -0.2) is 4.98 Å². The third kappa shape index (κ3) is 3.78. The summed E-state index contributed by atoms with van der Waals surface area (Å²) in [5, 5.41) is 0.0836. The number of thiazole rings is 1. The van der Waals surface area contributed by atoms with E-state index >= 15 is 0 Å². The van der Waals surface area contributed by atoms with Crippen LogP contribution in [0.25, 0.3) is 0 Å². The van der Waals surface area contributed by atoms with Crippen molar-refractivity contribution >= 4 is 28.7 Å². The molecule has 0 atom stereocenters. The molecule has 0 unspecified atom stereocenters. The van der Waals surface area contributed by atoms with E-state index in [0.29, 0.717) is 9.88 Å². The van der Waals surface area contributed by atoms with E-state index in [9.17, 15) is 18.0 Å². The van der Waals surface area contributed by atoms with Gasteiger partial charge >= 0.3 is 6.18 Å². The molecule has 0 aliphatic heterocycles. The van der Waals surface area contributed by atoms with Gasteiger partial charge in [0.25, 0.3) is 0 Å². The van der Waals surface area contributed by atoms with Gasteiger partial charge in [-0.3, -0.25) is 9.78 Å². The van der Waals surface area contributed by atoms with Gasteiger partial charge in [-0.1, -0.05) is 11.6 Å². The number of pyridine rings is 1. The molecule has 2 N–H and O–H groups in total. The first-order valence-electron chi connectivity index (χ1n) is 5.71. The molecular formula is C12H9ClF3N3OS. The predicted octanol–water partition coefficient (Wildman–Crippen LogP) is 3.09. The van der Waals surface area contributed by atoms with Crippen molar-refractivity contribution in [1.82, 2.24) is 9.97 Å². The van der Waals surface area contributed by atoms with Gasteiger partial charge in [-0.15, -0.1) is 11.3 Å². The number of aromatic nitrogens is 2. The van der Waals surface area contributed by atoms with Crippen LogP contribution in [0.1, 0.15) is 25.9 Å². The lowest BCUT2D eigenvalue weighted by Crippen LogP contribution is -2.10. The minimum atomic E-state index is -4.59. The van der Waals surface area contributed by atoms with Crippen molar-refractivity contribution in [2.24, 2.45) is 5.73 Å². The predicted molar refractivity (Wildman–Crippen MR) is 72.3 cm³/mol. The maximum absolute atomic E-state index is 12.7. The largest absolute Gasteiger partial charge is 0.417 e. The van der Waals surface area contributed by atoms with Gasteiger partial charge in [0.2, 0.25) is 0 Å². The number of nitrogens with two attached hydrogens (primary N) is 1. The Bertz CT molecular complexity index is 672. The number of Topliss-reactive ketones (excluding diaryl/α,β-unsaturated/α-hetero) is 1. The number of hydrogen-bond acceptors (Lipinski definition) is 5. The molecule has 21 heavy (non-hydrogen) atoms. The Hall–Kier alpha value is -1.51. The first kappa shape index (κ1) is 15.9. The second kappa shape index (κ2) is 6.08. The highest BCUT2D eigenvalue weighted by atomic mass is 35.5. The Balaban J connectivity index is 2.21. The normalized spacial score (nSPS) is 11.7. The van der Waals surface area contributed by atoms with Crippen LogP contribution >= 0.6 is 22.9 Å². The van der Waals surface area contributed by atoms with Crippen LogP contribution in [0.3, 0.4) is 0 Å². The molecule has 0 saturated heterocycles. The molecule has 0 amide bonds. The summed E-state index contributed by atoms with van der Waals surface area (Å²) in [6, 6.07) is 0.783. The number of hydrogen-bond donors (Lipinski definition) is 1. The molecular weight excluding hydrogens is 327 g/mol. The third-order valence-corrected chi connectivity index (χ3v) is 3.92. The van der Waals surface area contributed by atoms with Crippen molar-refractivity contribution in [1.29, 1.82) is 0 Å². The number of carbonyl (C=O) groups excluding carboxylic acids is 1. The van der Waals surface area contributed by atoms with E-state index < -0.39 is 16.8 Å². The molecule has 2 aromatic heterocycles. The highest BCUT2D eigenvalue weighted by Crippen LogP contribution is 2.34. The minimum absolute atomic E-state index is 0.000534. The van der Waals surface area contributed by atoms with Crippen LogP contribution in [0.2, 0.25) is 5.02 Å². The first-order valence-corrected chi connectivity index (χ1v) is 6.90. The van der Waals surface area contributed by atoms with Crippen LogP contribution in [-0.2, 0) is 19.1 Å². The van der Waals surface area contributed by atoms with Gasteiger partial charge < -0.3 is 5.73 Å². The lowest BCUT2D eigenvalue weighted by atomic mass is 10.1. The summed E-state index contributed by atoms with van der Waals surface area (Å²) >= 11 is 6.58. The van der Waals surface area contributed by atoms with Crippen molar-refractivity contribution in [3.63, 3.8) is 0 Å². The molecule has 0 aromatic carbocycles. The number of rotatable bonds is 4. The van der Waals surface area contributed by atoms with Crippen LogP contribution in [0.5, 0.6) is 0 Å². The number of alkyl halides is 3. The van der Waals surface area contributed by atoms with E-state index in [1.165, 1.54) is 6.20 Å². The number of ketones is 1. The minimum Gasteiger partial charge on any atom is -0.325 e. The van der Waals surface area contributed by atoms with Crippen LogP contribution in [0, 0.1) is 0 Å². The van der Waals surface area contributed by atoms with Crippen LogP contribution in [-0.4, -0.2) is 15.8 Å². The van der Waals surface area contributed by atoms with Gasteiger partial charge in [-0.05, 0) is 6.07 Å². The Morgan fingerprint density at radius 1 is 1.33 bits per heavy atom. The topological polar surface area (TPSA) is 68.9 Å². The fourth-order valence-corrected chi connectivity index (χ4v) is 2.53. The molecule has 112 valence electrons. The van der Waals surface area contributed by atoms with Crippen molar-refractivity contribution in [3.05, 3.63) is 44.6 Å². The fourth-order valence-electron chi connectivity index (χ4n) is 1.58. The van der Waals surface area contributed by atoms with E-state index in [2.05, 4.69) is 9.97 Å². The molecule has 9 heteroatoms. The van der Waals surface area contributed by atoms with Crippen molar-refractivity contribution in [2.75, 3.05) is 0 Å². The molecule has 0 radical (unpaired) electrons. The summed E-state index contributed by atoms with van der Waals surface area (Å²) < 4.78 is 38.2. The van der Waals surface area contributed by atoms with Crippen LogP contribution in [0.15, 0.2) is 18.5 Å². The SMILES string of the molecule is NCc1ncc(C(=O)Cc2cc(C(F)(F)F)c(Cl)cn2)s1. The fraction of sp³-hybridized carbons (Fsp3) is 0.250. The molecule has 0 saturated carbocycles. The molecule has 0 spiro atoms. The molecule has 2 heterocycles. The Kier molecular flexibility index (Phi) is 4.60. The summed E-state index contributed by atoms with van der Waals surface area (Å²) in [5.41, 5.74) is 4.38. The molecule has 0 bridgehead atoms. The van der Waals surface area contributed by atoms with Crippen molar-refractivity contribution in [2.45, 2.75) is 19.1 Å². The highest BCUT2D eigenvalue weighted by Gasteiger charge is 2.33. The van der Waals surface area contributed by atoms with E-state index in [1.807, 2.05) is 0 Å². The van der Waals surface area contributed by atoms with E-state index in [1.54, 1.807) is 0 Å². The maximum Gasteiger partial charge on any atom is 0.417 e. The van der Waals surface area contributed by atoms with Gasteiger partial charge in [0, 0.05) is 24.6 Å². The summed E-state index contributed by atoms with van der Waals surface area (Å²) in [6.45, 7) is 0.204. The van der Waals surface area contributed by atoms with Gasteiger partial charge in [0.1, 0.15) is 5.01 Å². The third-order valence-electron chi connectivity index (χ3n) is 2.56. The zero-order valence-electron chi connectivity index (χ0n) is 10.4. The van der Waals surface area contributed by atoms with E-state index in [-0.39, 0.29) is 24.4 Å². The highest BCUT2D eigenvalue weighted by molar-refractivity contribution is 7.13. The monoisotopic (exact) mass is 335 g/mol. The zero-order valence-corrected chi connectivity index (χ0v) is 12.0. The van der Waals surface area contributed by atoms with E-state index in [0.717, 1.165) is 23.6 Å². The van der Waals surface area contributed by atoms with Gasteiger partial charge in [0.05, 0.1) is 21.9 Å². The molecule has 2 rings (SSSR count). The Morgan fingerprint density at radius 2 is 2.05 bits per heavy atom. The zero-order chi connectivity index (χ0) is 15.6. The second-order valence-electron chi connectivity index (χ2n) is 4.08. The standard InChI is InChI=1S/C12H9ClF3N3OS/c13-8-4-18-6(1-7(8)12(14,15)16)2-9(20)10-5-19-11(3-17)21-10/h1,4-5H,2-3,17H2. The number of halogens is 4. The molecule has 2 aromatic rings. The Labute approximate surface area is 126 Å². The first-order chi connectivity index (χ1) is 9.81. The van der Waals surface area contributed by atoms with Crippen molar-refractivity contribution in [3.8, 4) is 0 Å². The van der Waals surface area contributed by atoms with Gasteiger partial charge in [-0.2, -0.15) is 13.2 Å². The summed E-state index contributed by atoms with van der Waals surface area (Å²) in [6.07, 6.45) is -2.60. The molecule has 4 nitrogen and oxygen atoms in total. The smallest absolute Gasteiger partial charge is 0.325 e. The number of nitrogens with zero attached hydrogens (tertiary/aromatic N) is 2. The lowest BCUT2D eigenvalue weighted by molar-refractivity contribution is -0.137. The second-order valence-corrected chi connectivity index (χ2v) is 5.60. The molecule has 0 aliphatic rings. The maximum atomic E-state index is 12.7. The molecule has 0 fully saturated rings. The van der Waals surface area contributed by atoms with Crippen molar-refractivity contribution < 1.29 is 18.0 Å². The van der Waals surface area contributed by atoms with E-state index in [4.69, 9.17) is 17.3 Å². The quantitative estimate of drug-likeness (QED) is 0.872.